The van der Waals surface area contributed by atoms with E-state index >= 15 is 0 Å². The van der Waals surface area contributed by atoms with E-state index in [1.54, 1.807) is 17.2 Å². The highest BCUT2D eigenvalue weighted by Crippen LogP contribution is 2.43. The van der Waals surface area contributed by atoms with E-state index in [-0.39, 0.29) is 42.5 Å². The molecule has 0 bridgehead atoms. The number of halogens is 3. The first-order valence-corrected chi connectivity index (χ1v) is 14.0. The van der Waals surface area contributed by atoms with Gasteiger partial charge in [0, 0.05) is 34.7 Å². The van der Waals surface area contributed by atoms with Gasteiger partial charge in [0.15, 0.2) is 5.58 Å². The molecule has 0 spiro atoms. The summed E-state index contributed by atoms with van der Waals surface area (Å²) in [4.78, 5) is 33.3. The molecular formula is C30H29F3N2O4S. The predicted molar refractivity (Wildman–Crippen MR) is 148 cm³/mol. The number of aromatic nitrogens is 1. The second-order valence-corrected chi connectivity index (χ2v) is 11.3. The van der Waals surface area contributed by atoms with Gasteiger partial charge in [-0.25, -0.2) is 4.79 Å². The summed E-state index contributed by atoms with van der Waals surface area (Å²) in [7, 11) is 1.28. The third-order valence-electron chi connectivity index (χ3n) is 7.38. The van der Waals surface area contributed by atoms with Gasteiger partial charge in [0.25, 0.3) is 0 Å². The lowest BCUT2D eigenvalue weighted by atomic mass is 9.81. The normalized spacial score (nSPS) is 17.8. The van der Waals surface area contributed by atoms with Crippen LogP contribution in [0, 0.1) is 11.8 Å². The average molecular weight is 571 g/mol. The summed E-state index contributed by atoms with van der Waals surface area (Å²) in [6.45, 7) is 3.66. The zero-order valence-corrected chi connectivity index (χ0v) is 23.1. The molecule has 6 nitrogen and oxygen atoms in total. The maximum atomic E-state index is 13.7. The molecule has 210 valence electrons. The lowest BCUT2D eigenvalue weighted by Gasteiger charge is -2.34. The molecule has 0 N–H and O–H groups in total. The molecule has 1 saturated carbocycles. The van der Waals surface area contributed by atoms with E-state index in [0.717, 1.165) is 21.5 Å². The maximum Gasteiger partial charge on any atom is 0.391 e. The Labute approximate surface area is 233 Å². The summed E-state index contributed by atoms with van der Waals surface area (Å²) >= 11 is 1.21. The molecule has 3 aromatic heterocycles. The van der Waals surface area contributed by atoms with Gasteiger partial charge in [-0.15, -0.1) is 11.3 Å². The number of fused-ring (bicyclic) bond motifs is 1. The molecule has 0 radical (unpaired) electrons. The van der Waals surface area contributed by atoms with Gasteiger partial charge in [-0.1, -0.05) is 24.3 Å². The lowest BCUT2D eigenvalue weighted by Crippen LogP contribution is -2.43. The second-order valence-electron chi connectivity index (χ2n) is 10.3. The summed E-state index contributed by atoms with van der Waals surface area (Å²) in [6, 6.07) is 14.6. The molecule has 40 heavy (non-hydrogen) atoms. The van der Waals surface area contributed by atoms with Crippen molar-refractivity contribution in [1.82, 2.24) is 4.98 Å². The molecule has 3 heterocycles. The number of carbonyl (C=O) groups excluding carboxylic acids is 2. The van der Waals surface area contributed by atoms with Crippen LogP contribution in [0.4, 0.5) is 18.9 Å². The average Bonchev–Trinajstić information content (AvgIpc) is 3.57. The number of amides is 1. The number of anilines is 1. The van der Waals surface area contributed by atoms with E-state index in [9.17, 15) is 22.8 Å². The maximum absolute atomic E-state index is 13.7. The van der Waals surface area contributed by atoms with E-state index < -0.39 is 24.0 Å². The highest BCUT2D eigenvalue weighted by atomic mass is 32.1. The molecule has 1 amide bonds. The second kappa shape index (κ2) is 11.1. The first kappa shape index (κ1) is 27.9. The monoisotopic (exact) mass is 570 g/mol. The number of alkyl halides is 3. The number of esters is 1. The number of thiophene rings is 1. The van der Waals surface area contributed by atoms with E-state index in [0.29, 0.717) is 17.0 Å². The van der Waals surface area contributed by atoms with Crippen molar-refractivity contribution >= 4 is 40.0 Å². The van der Waals surface area contributed by atoms with Gasteiger partial charge in [0.2, 0.25) is 5.91 Å². The Bertz CT molecular complexity index is 1480. The summed E-state index contributed by atoms with van der Waals surface area (Å²) in [5.74, 6) is -2.07. The standard InChI is InChI=1S/C30H29F3N2O4S/c1-17(2)35(28(36)20-10-12-21(13-11-20)30(31,32)33)23-16-26(40-27(23)29(37)38-3)19-8-6-18(7-9-19)25-15-22-24(39-25)5-4-14-34-22/h4-9,14-17,20-21H,10-13H2,1-3H3/t20-,21-. The number of pyridine rings is 1. The van der Waals surface area contributed by atoms with Crippen molar-refractivity contribution < 1.29 is 31.9 Å². The fourth-order valence-corrected chi connectivity index (χ4v) is 6.34. The van der Waals surface area contributed by atoms with Gasteiger partial charge >= 0.3 is 12.1 Å². The largest absolute Gasteiger partial charge is 0.465 e. The topological polar surface area (TPSA) is 72.6 Å². The Morgan fingerprint density at radius 1 is 1.05 bits per heavy atom. The minimum atomic E-state index is -4.25. The number of hydrogen-bond acceptors (Lipinski definition) is 6. The number of carbonyl (C=O) groups is 2. The zero-order chi connectivity index (χ0) is 28.6. The van der Waals surface area contributed by atoms with Crippen LogP contribution in [0.2, 0.25) is 0 Å². The highest BCUT2D eigenvalue weighted by Gasteiger charge is 2.43. The van der Waals surface area contributed by atoms with Crippen molar-refractivity contribution in [3.8, 4) is 21.8 Å². The Kier molecular flexibility index (Phi) is 7.72. The van der Waals surface area contributed by atoms with Crippen molar-refractivity contribution in [1.29, 1.82) is 0 Å². The summed E-state index contributed by atoms with van der Waals surface area (Å²) in [6.07, 6.45) is -2.36. The van der Waals surface area contributed by atoms with Gasteiger partial charge < -0.3 is 14.1 Å². The third kappa shape index (κ3) is 5.50. The van der Waals surface area contributed by atoms with Crippen molar-refractivity contribution in [2.24, 2.45) is 11.8 Å². The molecule has 5 rings (SSSR count). The number of methoxy groups -OCH3 is 1. The van der Waals surface area contributed by atoms with Crippen LogP contribution < -0.4 is 4.90 Å². The zero-order valence-electron chi connectivity index (χ0n) is 22.3. The Balaban J connectivity index is 1.44. The number of furan rings is 1. The van der Waals surface area contributed by atoms with Crippen molar-refractivity contribution in [2.45, 2.75) is 51.7 Å². The highest BCUT2D eigenvalue weighted by molar-refractivity contribution is 7.18. The number of ether oxygens (including phenoxy) is 1. The summed E-state index contributed by atoms with van der Waals surface area (Å²) < 4.78 is 50.5. The van der Waals surface area contributed by atoms with Gasteiger partial charge in [0.1, 0.15) is 16.2 Å². The molecule has 10 heteroatoms. The number of hydrogen-bond donors (Lipinski definition) is 0. The van der Waals surface area contributed by atoms with E-state index in [2.05, 4.69) is 4.98 Å². The first-order chi connectivity index (χ1) is 19.1. The van der Waals surface area contributed by atoms with Crippen LogP contribution in [-0.4, -0.2) is 36.2 Å². The smallest absolute Gasteiger partial charge is 0.391 e. The molecule has 0 atom stereocenters. The van der Waals surface area contributed by atoms with Crippen molar-refractivity contribution in [3.63, 3.8) is 0 Å². The quantitative estimate of drug-likeness (QED) is 0.219. The number of benzene rings is 1. The van der Waals surface area contributed by atoms with E-state index in [4.69, 9.17) is 9.15 Å². The number of nitrogens with zero attached hydrogens (tertiary/aromatic N) is 2. The molecule has 0 saturated heterocycles. The minimum Gasteiger partial charge on any atom is -0.465 e. The van der Waals surface area contributed by atoms with Crippen LogP contribution in [0.3, 0.4) is 0 Å². The van der Waals surface area contributed by atoms with Gasteiger partial charge in [-0.05, 0) is 63.3 Å². The van der Waals surface area contributed by atoms with E-state index in [1.165, 1.54) is 18.4 Å². The van der Waals surface area contributed by atoms with Gasteiger partial charge in [0.05, 0.1) is 18.7 Å². The van der Waals surface area contributed by atoms with Crippen LogP contribution in [0.25, 0.3) is 32.9 Å². The van der Waals surface area contributed by atoms with Gasteiger partial charge in [-0.3, -0.25) is 9.78 Å². The van der Waals surface area contributed by atoms with Crippen LogP contribution in [0.15, 0.2) is 59.1 Å². The van der Waals surface area contributed by atoms with Crippen molar-refractivity contribution in [2.75, 3.05) is 12.0 Å². The van der Waals surface area contributed by atoms with Crippen LogP contribution in [0.5, 0.6) is 0 Å². The molecule has 1 aliphatic carbocycles. The molecule has 1 aromatic carbocycles. The lowest BCUT2D eigenvalue weighted by molar-refractivity contribution is -0.184. The Morgan fingerprint density at radius 2 is 1.73 bits per heavy atom. The summed E-state index contributed by atoms with van der Waals surface area (Å²) in [5.41, 5.74) is 3.56. The fraction of sp³-hybridized carbons (Fsp3) is 0.367. The fourth-order valence-electron chi connectivity index (χ4n) is 5.27. The predicted octanol–water partition coefficient (Wildman–Crippen LogP) is 8.12. The summed E-state index contributed by atoms with van der Waals surface area (Å²) in [5, 5.41) is 0. The minimum absolute atomic E-state index is 0.0712. The molecule has 1 fully saturated rings. The molecule has 1 aliphatic rings. The first-order valence-electron chi connectivity index (χ1n) is 13.1. The van der Waals surface area contributed by atoms with Crippen LogP contribution in [-0.2, 0) is 9.53 Å². The molecule has 0 aliphatic heterocycles. The van der Waals surface area contributed by atoms with E-state index in [1.807, 2.05) is 56.3 Å². The SMILES string of the molecule is COC(=O)c1sc(-c2ccc(-c3cc4ncccc4o3)cc2)cc1N(C(=O)[C@H]1CC[C@H](C(F)(F)F)CC1)C(C)C. The molecule has 4 aromatic rings. The Morgan fingerprint density at radius 3 is 2.33 bits per heavy atom. The van der Waals surface area contributed by atoms with Crippen LogP contribution in [0.1, 0.15) is 49.2 Å². The van der Waals surface area contributed by atoms with Gasteiger partial charge in [-0.2, -0.15) is 13.2 Å². The molecular weight excluding hydrogens is 541 g/mol. The molecule has 0 unspecified atom stereocenters. The Hall–Kier alpha value is -3.66. The third-order valence-corrected chi connectivity index (χ3v) is 8.53. The number of rotatable bonds is 6. The van der Waals surface area contributed by atoms with Crippen molar-refractivity contribution in [3.05, 3.63) is 59.6 Å². The van der Waals surface area contributed by atoms with Crippen LogP contribution >= 0.6 is 11.3 Å².